The SMILES string of the molecule is C=CCOc1ccc(CNC(C)c2cccc(C(F)(F)F)c2)cc1OC. The molecule has 2 rings (SSSR count). The molecule has 0 heterocycles. The maximum absolute atomic E-state index is 12.8. The molecule has 0 aliphatic heterocycles. The molecule has 0 aromatic heterocycles. The Morgan fingerprint density at radius 2 is 1.92 bits per heavy atom. The molecule has 140 valence electrons. The normalized spacial score (nSPS) is 12.5. The van der Waals surface area contributed by atoms with Crippen LogP contribution in [0.25, 0.3) is 0 Å². The average Bonchev–Trinajstić information content (AvgIpc) is 2.64. The minimum absolute atomic E-state index is 0.236. The van der Waals surface area contributed by atoms with Crippen molar-refractivity contribution in [3.63, 3.8) is 0 Å². The van der Waals surface area contributed by atoms with Gasteiger partial charge in [-0.15, -0.1) is 0 Å². The summed E-state index contributed by atoms with van der Waals surface area (Å²) in [5.41, 5.74) is 0.874. The van der Waals surface area contributed by atoms with E-state index in [0.717, 1.165) is 11.6 Å². The standard InChI is InChI=1S/C20H22F3NO2/c1-4-10-26-18-9-8-15(11-19(18)25-3)13-24-14(2)16-6-5-7-17(12-16)20(21,22)23/h4-9,11-12,14,24H,1,10,13H2,2-3H3. The van der Waals surface area contributed by atoms with Gasteiger partial charge >= 0.3 is 6.18 Å². The zero-order valence-corrected chi connectivity index (χ0v) is 14.8. The van der Waals surface area contributed by atoms with E-state index < -0.39 is 11.7 Å². The third-order valence-electron chi connectivity index (χ3n) is 3.91. The summed E-state index contributed by atoms with van der Waals surface area (Å²) in [5, 5.41) is 3.23. The van der Waals surface area contributed by atoms with Crippen molar-refractivity contribution in [3.8, 4) is 11.5 Å². The molecular formula is C20H22F3NO2. The Kier molecular flexibility index (Phi) is 6.69. The molecule has 0 spiro atoms. The van der Waals surface area contributed by atoms with Gasteiger partial charge in [0.15, 0.2) is 11.5 Å². The average molecular weight is 365 g/mol. The quantitative estimate of drug-likeness (QED) is 0.658. The lowest BCUT2D eigenvalue weighted by Gasteiger charge is -2.17. The predicted octanol–water partition coefficient (Wildman–Crippen LogP) is 5.13. The highest BCUT2D eigenvalue weighted by Gasteiger charge is 2.30. The zero-order chi connectivity index (χ0) is 19.2. The number of halogens is 3. The summed E-state index contributed by atoms with van der Waals surface area (Å²) in [6, 6.07) is 10.6. The highest BCUT2D eigenvalue weighted by Crippen LogP contribution is 2.31. The van der Waals surface area contributed by atoms with E-state index in [1.165, 1.54) is 12.1 Å². The summed E-state index contributed by atoms with van der Waals surface area (Å²) in [7, 11) is 1.55. The van der Waals surface area contributed by atoms with Gasteiger partial charge < -0.3 is 14.8 Å². The van der Waals surface area contributed by atoms with E-state index in [9.17, 15) is 13.2 Å². The van der Waals surface area contributed by atoms with Gasteiger partial charge in [0, 0.05) is 12.6 Å². The lowest BCUT2D eigenvalue weighted by molar-refractivity contribution is -0.137. The number of methoxy groups -OCH3 is 1. The fourth-order valence-electron chi connectivity index (χ4n) is 2.46. The molecule has 2 aromatic rings. The molecule has 0 saturated carbocycles. The molecule has 3 nitrogen and oxygen atoms in total. The van der Waals surface area contributed by atoms with Crippen LogP contribution in [0.3, 0.4) is 0 Å². The molecule has 1 N–H and O–H groups in total. The van der Waals surface area contributed by atoms with Gasteiger partial charge in [-0.25, -0.2) is 0 Å². The molecule has 2 aromatic carbocycles. The molecule has 6 heteroatoms. The number of rotatable bonds is 8. The van der Waals surface area contributed by atoms with E-state index in [2.05, 4.69) is 11.9 Å². The molecule has 26 heavy (non-hydrogen) atoms. The van der Waals surface area contributed by atoms with Crippen molar-refractivity contribution >= 4 is 0 Å². The highest BCUT2D eigenvalue weighted by molar-refractivity contribution is 5.43. The van der Waals surface area contributed by atoms with Crippen LogP contribution in [0.15, 0.2) is 55.1 Å². The van der Waals surface area contributed by atoms with Gasteiger partial charge in [0.25, 0.3) is 0 Å². The van der Waals surface area contributed by atoms with Crippen LogP contribution in [0.4, 0.5) is 13.2 Å². The highest BCUT2D eigenvalue weighted by atomic mass is 19.4. The third kappa shape index (κ3) is 5.26. The zero-order valence-electron chi connectivity index (χ0n) is 14.8. The van der Waals surface area contributed by atoms with E-state index in [1.54, 1.807) is 25.3 Å². The number of hydrogen-bond acceptors (Lipinski definition) is 3. The van der Waals surface area contributed by atoms with Crippen LogP contribution >= 0.6 is 0 Å². The van der Waals surface area contributed by atoms with E-state index in [0.29, 0.717) is 30.2 Å². The first kappa shape index (κ1) is 19.8. The van der Waals surface area contributed by atoms with Crippen LogP contribution in [0.1, 0.15) is 29.7 Å². The molecule has 0 radical (unpaired) electrons. The van der Waals surface area contributed by atoms with Crippen LogP contribution in [-0.4, -0.2) is 13.7 Å². The fourth-order valence-corrected chi connectivity index (χ4v) is 2.46. The van der Waals surface area contributed by atoms with Crippen LogP contribution in [0, 0.1) is 0 Å². The Bertz CT molecular complexity index is 744. The monoisotopic (exact) mass is 365 g/mol. The third-order valence-corrected chi connectivity index (χ3v) is 3.91. The largest absolute Gasteiger partial charge is 0.493 e. The molecule has 0 fully saturated rings. The van der Waals surface area contributed by atoms with Crippen LogP contribution in [0.2, 0.25) is 0 Å². The fraction of sp³-hybridized carbons (Fsp3) is 0.300. The van der Waals surface area contributed by atoms with E-state index in [1.807, 2.05) is 19.1 Å². The number of benzene rings is 2. The minimum Gasteiger partial charge on any atom is -0.493 e. The van der Waals surface area contributed by atoms with Crippen molar-refractivity contribution in [2.75, 3.05) is 13.7 Å². The maximum atomic E-state index is 12.8. The first-order valence-electron chi connectivity index (χ1n) is 8.16. The van der Waals surface area contributed by atoms with Crippen molar-refractivity contribution in [2.24, 2.45) is 0 Å². The molecule has 0 aliphatic carbocycles. The second-order valence-corrected chi connectivity index (χ2v) is 5.81. The summed E-state index contributed by atoms with van der Waals surface area (Å²) in [6.45, 7) is 6.29. The smallest absolute Gasteiger partial charge is 0.416 e. The number of nitrogens with one attached hydrogen (secondary N) is 1. The van der Waals surface area contributed by atoms with E-state index >= 15 is 0 Å². The lowest BCUT2D eigenvalue weighted by Crippen LogP contribution is -2.19. The Hall–Kier alpha value is -2.47. The minimum atomic E-state index is -4.34. The number of ether oxygens (including phenoxy) is 2. The second kappa shape index (κ2) is 8.76. The topological polar surface area (TPSA) is 30.5 Å². The summed E-state index contributed by atoms with van der Waals surface area (Å²) >= 11 is 0. The molecule has 0 bridgehead atoms. The van der Waals surface area contributed by atoms with Crippen molar-refractivity contribution < 1.29 is 22.6 Å². The van der Waals surface area contributed by atoms with Crippen molar-refractivity contribution in [1.29, 1.82) is 0 Å². The molecule has 0 saturated heterocycles. The van der Waals surface area contributed by atoms with Gasteiger partial charge in [0.05, 0.1) is 12.7 Å². The maximum Gasteiger partial charge on any atom is 0.416 e. The molecule has 0 aliphatic rings. The van der Waals surface area contributed by atoms with E-state index in [-0.39, 0.29) is 6.04 Å². The molecule has 0 amide bonds. The van der Waals surface area contributed by atoms with Gasteiger partial charge in [0.1, 0.15) is 6.61 Å². The van der Waals surface area contributed by atoms with Crippen LogP contribution in [0.5, 0.6) is 11.5 Å². The Morgan fingerprint density at radius 3 is 2.58 bits per heavy atom. The summed E-state index contributed by atoms with van der Waals surface area (Å²) in [4.78, 5) is 0. The Labute approximate surface area is 151 Å². The first-order chi connectivity index (χ1) is 12.3. The van der Waals surface area contributed by atoms with Crippen molar-refractivity contribution in [2.45, 2.75) is 25.7 Å². The Morgan fingerprint density at radius 1 is 1.15 bits per heavy atom. The van der Waals surface area contributed by atoms with E-state index in [4.69, 9.17) is 9.47 Å². The second-order valence-electron chi connectivity index (χ2n) is 5.81. The summed E-state index contributed by atoms with van der Waals surface area (Å²) in [6.07, 6.45) is -2.70. The van der Waals surface area contributed by atoms with Gasteiger partial charge in [-0.1, -0.05) is 30.9 Å². The van der Waals surface area contributed by atoms with Crippen LogP contribution in [-0.2, 0) is 12.7 Å². The van der Waals surface area contributed by atoms with Gasteiger partial charge in [-0.3, -0.25) is 0 Å². The lowest BCUT2D eigenvalue weighted by atomic mass is 10.0. The van der Waals surface area contributed by atoms with Gasteiger partial charge in [-0.05, 0) is 42.3 Å². The molecule has 1 unspecified atom stereocenters. The van der Waals surface area contributed by atoms with Gasteiger partial charge in [-0.2, -0.15) is 13.2 Å². The number of hydrogen-bond donors (Lipinski definition) is 1. The van der Waals surface area contributed by atoms with Crippen molar-refractivity contribution in [3.05, 3.63) is 71.8 Å². The summed E-state index contributed by atoms with van der Waals surface area (Å²) < 4.78 is 49.3. The van der Waals surface area contributed by atoms with Crippen molar-refractivity contribution in [1.82, 2.24) is 5.32 Å². The molecule has 1 atom stereocenters. The summed E-state index contributed by atoms with van der Waals surface area (Å²) in [5.74, 6) is 1.21. The number of alkyl halides is 3. The predicted molar refractivity (Wildman–Crippen MR) is 95.4 cm³/mol. The first-order valence-corrected chi connectivity index (χ1v) is 8.16. The van der Waals surface area contributed by atoms with Crippen LogP contribution < -0.4 is 14.8 Å². The molecular weight excluding hydrogens is 343 g/mol. The Balaban J connectivity index is 2.05. The van der Waals surface area contributed by atoms with Gasteiger partial charge in [0.2, 0.25) is 0 Å².